The van der Waals surface area contributed by atoms with E-state index in [2.05, 4.69) is 31.0 Å². The van der Waals surface area contributed by atoms with Gasteiger partial charge in [0.15, 0.2) is 6.04 Å². The van der Waals surface area contributed by atoms with Crippen LogP contribution in [0, 0.1) is 19.8 Å². The van der Waals surface area contributed by atoms with Crippen LogP contribution >= 0.6 is 0 Å². The summed E-state index contributed by atoms with van der Waals surface area (Å²) in [5.41, 5.74) is 4.06. The minimum Gasteiger partial charge on any atom is -0.464 e. The first kappa shape index (κ1) is 20.3. The molecule has 0 radical (unpaired) electrons. The van der Waals surface area contributed by atoms with Crippen molar-refractivity contribution in [3.8, 4) is 5.69 Å². The molecule has 0 saturated carbocycles. The molecule has 0 bridgehead atoms. The highest BCUT2D eigenvalue weighted by molar-refractivity contribution is 5.92. The van der Waals surface area contributed by atoms with Crippen molar-refractivity contribution in [1.29, 1.82) is 0 Å². The molecule has 0 aliphatic carbocycles. The summed E-state index contributed by atoms with van der Waals surface area (Å²) >= 11 is 0. The molecule has 7 heteroatoms. The SMILES string of the molecule is Cc1ccc2c(-n3ccnc3)cc(N3CC[C@H](O)[C@H]3C(=O)OCC(C)C)nc2c1C. The quantitative estimate of drug-likeness (QED) is 0.653. The Balaban J connectivity index is 1.81. The van der Waals surface area contributed by atoms with Crippen molar-refractivity contribution in [3.63, 3.8) is 0 Å². The van der Waals surface area contributed by atoms with E-state index in [9.17, 15) is 9.90 Å². The molecule has 1 N–H and O–H groups in total. The zero-order chi connectivity index (χ0) is 21.4. The monoisotopic (exact) mass is 408 g/mol. The number of aliphatic hydroxyl groups is 1. The number of rotatable bonds is 5. The number of ether oxygens (including phenoxy) is 1. The fourth-order valence-corrected chi connectivity index (χ4v) is 3.91. The number of aromatic nitrogens is 3. The largest absolute Gasteiger partial charge is 0.464 e. The summed E-state index contributed by atoms with van der Waals surface area (Å²) in [5.74, 6) is 0.488. The van der Waals surface area contributed by atoms with Crippen LogP contribution in [0.3, 0.4) is 0 Å². The number of pyridine rings is 1. The van der Waals surface area contributed by atoms with Gasteiger partial charge in [-0.2, -0.15) is 0 Å². The van der Waals surface area contributed by atoms with Crippen LogP contribution in [0.5, 0.6) is 0 Å². The lowest BCUT2D eigenvalue weighted by molar-refractivity contribution is -0.148. The van der Waals surface area contributed by atoms with Crippen molar-refractivity contribution >= 4 is 22.7 Å². The molecule has 3 heterocycles. The predicted octanol–water partition coefficient (Wildman–Crippen LogP) is 3.18. The number of anilines is 1. The summed E-state index contributed by atoms with van der Waals surface area (Å²) in [6.45, 7) is 8.97. The first-order chi connectivity index (χ1) is 14.4. The molecule has 1 aliphatic rings. The third-order valence-electron chi connectivity index (χ3n) is 5.71. The zero-order valence-electron chi connectivity index (χ0n) is 17.9. The molecule has 7 nitrogen and oxygen atoms in total. The second kappa shape index (κ2) is 8.07. The molecule has 3 aromatic rings. The lowest BCUT2D eigenvalue weighted by atomic mass is 10.0. The van der Waals surface area contributed by atoms with Crippen LogP contribution in [0.1, 0.15) is 31.4 Å². The Kier molecular flexibility index (Phi) is 5.47. The number of hydrogen-bond acceptors (Lipinski definition) is 6. The van der Waals surface area contributed by atoms with E-state index in [1.807, 2.05) is 35.6 Å². The third kappa shape index (κ3) is 3.65. The summed E-state index contributed by atoms with van der Waals surface area (Å²) in [6.07, 6.45) is 5.09. The minimum absolute atomic E-state index is 0.234. The summed E-state index contributed by atoms with van der Waals surface area (Å²) in [6, 6.07) is 5.36. The Morgan fingerprint density at radius 2 is 2.13 bits per heavy atom. The van der Waals surface area contributed by atoms with E-state index in [1.165, 1.54) is 0 Å². The maximum absolute atomic E-state index is 12.8. The zero-order valence-corrected chi connectivity index (χ0v) is 17.9. The van der Waals surface area contributed by atoms with Crippen LogP contribution in [0.2, 0.25) is 0 Å². The van der Waals surface area contributed by atoms with Gasteiger partial charge < -0.3 is 19.3 Å². The van der Waals surface area contributed by atoms with Crippen molar-refractivity contribution < 1.29 is 14.6 Å². The Morgan fingerprint density at radius 1 is 1.33 bits per heavy atom. The molecule has 30 heavy (non-hydrogen) atoms. The highest BCUT2D eigenvalue weighted by atomic mass is 16.5. The van der Waals surface area contributed by atoms with Gasteiger partial charge in [-0.3, -0.25) is 0 Å². The standard InChI is InChI=1S/C23H28N4O3/c1-14(2)12-30-23(29)22-19(28)7-9-27(22)20-11-18(26-10-8-24-13-26)17-6-5-15(3)16(4)21(17)25-20/h5-6,8,10-11,13-14,19,22,28H,7,9,12H2,1-4H3/t19-,22-/m0/s1. The van der Waals surface area contributed by atoms with Crippen molar-refractivity contribution in [1.82, 2.24) is 14.5 Å². The molecule has 158 valence electrons. The van der Waals surface area contributed by atoms with Crippen LogP contribution in [-0.2, 0) is 9.53 Å². The lowest BCUT2D eigenvalue weighted by Gasteiger charge is -2.27. The van der Waals surface area contributed by atoms with Crippen LogP contribution in [0.15, 0.2) is 36.9 Å². The first-order valence-corrected chi connectivity index (χ1v) is 10.4. The van der Waals surface area contributed by atoms with Gasteiger partial charge in [0, 0.05) is 30.4 Å². The Morgan fingerprint density at radius 3 is 2.83 bits per heavy atom. The number of fused-ring (bicyclic) bond motifs is 1. The van der Waals surface area contributed by atoms with E-state index in [-0.39, 0.29) is 5.92 Å². The molecule has 1 aliphatic heterocycles. The molecule has 0 amide bonds. The normalized spacial score (nSPS) is 19.1. The first-order valence-electron chi connectivity index (χ1n) is 10.4. The van der Waals surface area contributed by atoms with Crippen molar-refractivity contribution in [3.05, 3.63) is 48.0 Å². The number of aliphatic hydroxyl groups excluding tert-OH is 1. The van der Waals surface area contributed by atoms with E-state index >= 15 is 0 Å². The predicted molar refractivity (Wildman–Crippen MR) is 116 cm³/mol. The van der Waals surface area contributed by atoms with Crippen molar-refractivity contribution in [2.45, 2.75) is 46.3 Å². The Bertz CT molecular complexity index is 1060. The molecule has 2 aromatic heterocycles. The molecule has 4 rings (SSSR count). The minimum atomic E-state index is -0.780. The average molecular weight is 409 g/mol. The van der Waals surface area contributed by atoms with Gasteiger partial charge in [-0.1, -0.05) is 26.0 Å². The van der Waals surface area contributed by atoms with Gasteiger partial charge >= 0.3 is 5.97 Å². The van der Waals surface area contributed by atoms with Crippen molar-refractivity contribution in [2.24, 2.45) is 5.92 Å². The second-order valence-corrected chi connectivity index (χ2v) is 8.39. The van der Waals surface area contributed by atoms with Gasteiger partial charge in [-0.25, -0.2) is 14.8 Å². The number of esters is 1. The number of carbonyl (C=O) groups excluding carboxylic acids is 1. The molecule has 0 spiro atoms. The van der Waals surface area contributed by atoms with Gasteiger partial charge in [0.1, 0.15) is 5.82 Å². The number of carbonyl (C=O) groups is 1. The maximum Gasteiger partial charge on any atom is 0.331 e. The van der Waals surface area contributed by atoms with Crippen molar-refractivity contribution in [2.75, 3.05) is 18.1 Å². The molecule has 1 saturated heterocycles. The Labute approximate surface area is 176 Å². The number of nitrogens with zero attached hydrogens (tertiary/aromatic N) is 4. The summed E-state index contributed by atoms with van der Waals surface area (Å²) in [7, 11) is 0. The summed E-state index contributed by atoms with van der Waals surface area (Å²) in [4.78, 5) is 23.8. The van der Waals surface area contributed by atoms with E-state index in [4.69, 9.17) is 9.72 Å². The smallest absolute Gasteiger partial charge is 0.331 e. The van der Waals surface area contributed by atoms with Gasteiger partial charge in [0.05, 0.1) is 30.2 Å². The number of benzene rings is 1. The Hall–Kier alpha value is -2.93. The second-order valence-electron chi connectivity index (χ2n) is 8.39. The molecule has 0 unspecified atom stereocenters. The van der Waals surface area contributed by atoms with Crippen LogP contribution in [0.4, 0.5) is 5.82 Å². The average Bonchev–Trinajstić information content (AvgIpc) is 3.38. The van der Waals surface area contributed by atoms with E-state index < -0.39 is 18.1 Å². The fraction of sp³-hybridized carbons (Fsp3) is 0.435. The molecule has 1 fully saturated rings. The van der Waals surface area contributed by atoms with E-state index in [0.29, 0.717) is 25.4 Å². The van der Waals surface area contributed by atoms with Gasteiger partial charge in [-0.05, 0) is 37.3 Å². The van der Waals surface area contributed by atoms with Crippen LogP contribution in [-0.4, -0.2) is 50.9 Å². The fourth-order valence-electron chi connectivity index (χ4n) is 3.91. The van der Waals surface area contributed by atoms with E-state index in [1.54, 1.807) is 12.5 Å². The lowest BCUT2D eigenvalue weighted by Crippen LogP contribution is -2.44. The third-order valence-corrected chi connectivity index (χ3v) is 5.71. The summed E-state index contributed by atoms with van der Waals surface area (Å²) < 4.78 is 7.40. The number of imidazole rings is 1. The number of hydrogen-bond donors (Lipinski definition) is 1. The highest BCUT2D eigenvalue weighted by Crippen LogP contribution is 2.33. The number of aryl methyl sites for hydroxylation is 2. The molecular formula is C23H28N4O3. The summed E-state index contributed by atoms with van der Waals surface area (Å²) in [5, 5.41) is 11.5. The van der Waals surface area contributed by atoms with Gasteiger partial charge in [0.25, 0.3) is 0 Å². The maximum atomic E-state index is 12.8. The molecular weight excluding hydrogens is 380 g/mol. The van der Waals surface area contributed by atoms with Crippen LogP contribution < -0.4 is 4.90 Å². The van der Waals surface area contributed by atoms with Gasteiger partial charge in [-0.15, -0.1) is 0 Å². The topological polar surface area (TPSA) is 80.5 Å². The highest BCUT2D eigenvalue weighted by Gasteiger charge is 2.40. The van der Waals surface area contributed by atoms with Crippen LogP contribution in [0.25, 0.3) is 16.6 Å². The molecule has 2 atom stereocenters. The van der Waals surface area contributed by atoms with Gasteiger partial charge in [0.2, 0.25) is 0 Å². The van der Waals surface area contributed by atoms with E-state index in [0.717, 1.165) is 27.7 Å². The molecule has 1 aromatic carbocycles.